The molecular formula is C22H25N3O4. The minimum Gasteiger partial charge on any atom is -0.465 e. The lowest BCUT2D eigenvalue weighted by atomic mass is 10.0. The van der Waals surface area contributed by atoms with Crippen LogP contribution in [0.5, 0.6) is 0 Å². The van der Waals surface area contributed by atoms with Gasteiger partial charge >= 0.3 is 6.09 Å². The van der Waals surface area contributed by atoms with Crippen molar-refractivity contribution in [3.8, 4) is 0 Å². The Kier molecular flexibility index (Phi) is 8.44. The van der Waals surface area contributed by atoms with Crippen LogP contribution in [0.25, 0.3) is 0 Å². The number of nitrogens with two attached hydrogens (primary N) is 1. The lowest BCUT2D eigenvalue weighted by molar-refractivity contribution is -0.123. The van der Waals surface area contributed by atoms with E-state index >= 15 is 0 Å². The van der Waals surface area contributed by atoms with E-state index in [0.29, 0.717) is 12.8 Å². The van der Waals surface area contributed by atoms with Crippen LogP contribution < -0.4 is 16.4 Å². The third kappa shape index (κ3) is 8.30. The Labute approximate surface area is 169 Å². The Hall–Kier alpha value is -3.61. The highest BCUT2D eigenvalue weighted by Gasteiger charge is 2.23. The Morgan fingerprint density at radius 1 is 0.931 bits per heavy atom. The van der Waals surface area contributed by atoms with Crippen LogP contribution in [-0.4, -0.2) is 35.1 Å². The van der Waals surface area contributed by atoms with Crippen molar-refractivity contribution in [2.24, 2.45) is 5.73 Å². The topological polar surface area (TPSA) is 122 Å². The second-order valence-corrected chi connectivity index (χ2v) is 6.59. The second-order valence-electron chi connectivity index (χ2n) is 6.59. The zero-order valence-corrected chi connectivity index (χ0v) is 16.0. The Morgan fingerprint density at radius 2 is 1.52 bits per heavy atom. The van der Waals surface area contributed by atoms with Gasteiger partial charge in [-0.3, -0.25) is 9.59 Å². The molecule has 2 atom stereocenters. The molecule has 0 bridgehead atoms. The predicted molar refractivity (Wildman–Crippen MR) is 110 cm³/mol. The molecule has 0 radical (unpaired) electrons. The van der Waals surface area contributed by atoms with E-state index in [4.69, 9.17) is 10.8 Å². The molecule has 0 aliphatic carbocycles. The lowest BCUT2D eigenvalue weighted by Gasteiger charge is -2.21. The normalized spacial score (nSPS) is 12.8. The highest BCUT2D eigenvalue weighted by Crippen LogP contribution is 2.08. The summed E-state index contributed by atoms with van der Waals surface area (Å²) >= 11 is 0. The van der Waals surface area contributed by atoms with Crippen molar-refractivity contribution < 1.29 is 19.5 Å². The van der Waals surface area contributed by atoms with E-state index in [2.05, 4.69) is 10.6 Å². The summed E-state index contributed by atoms with van der Waals surface area (Å²) < 4.78 is 0. The second kappa shape index (κ2) is 11.3. The van der Waals surface area contributed by atoms with Crippen molar-refractivity contribution in [2.75, 3.05) is 0 Å². The molecule has 7 nitrogen and oxygen atoms in total. The number of carbonyl (C=O) groups is 3. The molecule has 5 N–H and O–H groups in total. The average Bonchev–Trinajstić information content (AvgIpc) is 2.70. The first-order chi connectivity index (χ1) is 13.9. The van der Waals surface area contributed by atoms with Gasteiger partial charge in [0.2, 0.25) is 11.8 Å². The fourth-order valence-corrected chi connectivity index (χ4v) is 2.89. The number of carbonyl (C=O) groups excluding carboxylic acids is 2. The molecular weight excluding hydrogens is 370 g/mol. The van der Waals surface area contributed by atoms with Crippen molar-refractivity contribution in [3.05, 3.63) is 83.9 Å². The molecule has 0 saturated carbocycles. The van der Waals surface area contributed by atoms with Crippen LogP contribution in [0.2, 0.25) is 0 Å². The smallest absolute Gasteiger partial charge is 0.405 e. The quantitative estimate of drug-likeness (QED) is 0.460. The Morgan fingerprint density at radius 3 is 2.07 bits per heavy atom. The molecule has 2 aromatic carbocycles. The number of hydrogen-bond donors (Lipinski definition) is 4. The predicted octanol–water partition coefficient (Wildman–Crippen LogP) is 2.02. The number of hydrogen-bond acceptors (Lipinski definition) is 3. The summed E-state index contributed by atoms with van der Waals surface area (Å²) in [7, 11) is 0. The number of benzene rings is 2. The van der Waals surface area contributed by atoms with Crippen LogP contribution >= 0.6 is 0 Å². The number of aryl methyl sites for hydroxylation is 1. The molecule has 0 aliphatic heterocycles. The molecule has 0 spiro atoms. The Bertz CT molecular complexity index is 838. The fraction of sp³-hybridized carbons (Fsp3) is 0.227. The summed E-state index contributed by atoms with van der Waals surface area (Å²) in [5, 5.41) is 14.2. The number of primary amides is 1. The first-order valence-corrected chi connectivity index (χ1v) is 9.29. The van der Waals surface area contributed by atoms with Crippen LogP contribution in [0, 0.1) is 0 Å². The lowest BCUT2D eigenvalue weighted by Crippen LogP contribution is -2.50. The first kappa shape index (κ1) is 21.7. The van der Waals surface area contributed by atoms with E-state index < -0.39 is 30.0 Å². The van der Waals surface area contributed by atoms with Gasteiger partial charge in [-0.25, -0.2) is 4.79 Å². The van der Waals surface area contributed by atoms with Crippen molar-refractivity contribution in [2.45, 2.75) is 31.3 Å². The fourth-order valence-electron chi connectivity index (χ4n) is 2.89. The van der Waals surface area contributed by atoms with Crippen LogP contribution in [0.15, 0.2) is 72.8 Å². The summed E-state index contributed by atoms with van der Waals surface area (Å²) in [6, 6.07) is 17.4. The van der Waals surface area contributed by atoms with Gasteiger partial charge in [-0.2, -0.15) is 0 Å². The third-order valence-corrected chi connectivity index (χ3v) is 4.30. The molecule has 0 fully saturated rings. The van der Waals surface area contributed by atoms with Gasteiger partial charge in [0.1, 0.15) is 6.04 Å². The SMILES string of the molecule is NC(=O)/C=C/[C@H](CCc1ccccc1)NC(=O)[C@H](Cc1ccccc1)NC(=O)O. The maximum absolute atomic E-state index is 12.8. The molecule has 0 heterocycles. The summed E-state index contributed by atoms with van der Waals surface area (Å²) in [6.45, 7) is 0. The van der Waals surface area contributed by atoms with Gasteiger partial charge in [0.25, 0.3) is 0 Å². The van der Waals surface area contributed by atoms with Crippen molar-refractivity contribution in [1.29, 1.82) is 0 Å². The molecule has 2 aromatic rings. The van der Waals surface area contributed by atoms with Crippen molar-refractivity contribution in [3.63, 3.8) is 0 Å². The number of rotatable bonds is 10. The van der Waals surface area contributed by atoms with E-state index in [1.807, 2.05) is 60.7 Å². The van der Waals surface area contributed by atoms with Gasteiger partial charge in [-0.15, -0.1) is 0 Å². The summed E-state index contributed by atoms with van der Waals surface area (Å²) in [6.07, 6.45) is 2.87. The Balaban J connectivity index is 2.08. The molecule has 0 saturated heterocycles. The third-order valence-electron chi connectivity index (χ3n) is 4.30. The maximum atomic E-state index is 12.8. The van der Waals surface area contributed by atoms with Gasteiger partial charge < -0.3 is 21.5 Å². The minimum absolute atomic E-state index is 0.212. The van der Waals surface area contributed by atoms with Gasteiger partial charge in [0.05, 0.1) is 0 Å². The van der Waals surface area contributed by atoms with Crippen molar-refractivity contribution in [1.82, 2.24) is 10.6 Å². The molecule has 0 aromatic heterocycles. The largest absolute Gasteiger partial charge is 0.465 e. The summed E-state index contributed by atoms with van der Waals surface area (Å²) in [4.78, 5) is 35.0. The van der Waals surface area contributed by atoms with Gasteiger partial charge in [-0.05, 0) is 24.0 Å². The molecule has 7 heteroatoms. The van der Waals surface area contributed by atoms with E-state index in [0.717, 1.165) is 11.1 Å². The molecule has 29 heavy (non-hydrogen) atoms. The molecule has 152 valence electrons. The summed E-state index contributed by atoms with van der Waals surface area (Å²) in [5.41, 5.74) is 7.09. The van der Waals surface area contributed by atoms with E-state index in [1.165, 1.54) is 12.2 Å². The average molecular weight is 395 g/mol. The van der Waals surface area contributed by atoms with Crippen LogP contribution in [-0.2, 0) is 22.4 Å². The maximum Gasteiger partial charge on any atom is 0.405 e. The van der Waals surface area contributed by atoms with E-state index in [9.17, 15) is 14.4 Å². The standard InChI is InChI=1S/C22H25N3O4/c23-20(26)14-13-18(12-11-16-7-3-1-4-8-16)24-21(27)19(25-22(28)29)15-17-9-5-2-6-10-17/h1-10,13-14,18-19,25H,11-12,15H2,(H2,23,26)(H,24,27)(H,28,29)/b14-13+/t18-,19-/m0/s1. The van der Waals surface area contributed by atoms with Crippen LogP contribution in [0.1, 0.15) is 17.5 Å². The number of carboxylic acid groups (broad SMARTS) is 1. The highest BCUT2D eigenvalue weighted by atomic mass is 16.4. The van der Waals surface area contributed by atoms with E-state index in [1.54, 1.807) is 0 Å². The highest BCUT2D eigenvalue weighted by molar-refractivity contribution is 5.87. The zero-order chi connectivity index (χ0) is 21.1. The first-order valence-electron chi connectivity index (χ1n) is 9.29. The van der Waals surface area contributed by atoms with Crippen LogP contribution in [0.4, 0.5) is 4.79 Å². The minimum atomic E-state index is -1.28. The number of nitrogens with one attached hydrogen (secondary N) is 2. The van der Waals surface area contributed by atoms with E-state index in [-0.39, 0.29) is 6.42 Å². The van der Waals surface area contributed by atoms with Gasteiger partial charge in [-0.1, -0.05) is 66.7 Å². The molecule has 2 rings (SSSR count). The molecule has 3 amide bonds. The van der Waals surface area contributed by atoms with Gasteiger partial charge in [0, 0.05) is 18.5 Å². The van der Waals surface area contributed by atoms with Crippen molar-refractivity contribution >= 4 is 17.9 Å². The van der Waals surface area contributed by atoms with Crippen LogP contribution in [0.3, 0.4) is 0 Å². The molecule has 0 unspecified atom stereocenters. The number of amides is 3. The molecule has 0 aliphatic rings. The summed E-state index contributed by atoms with van der Waals surface area (Å²) in [5.74, 6) is -1.09. The van der Waals surface area contributed by atoms with Gasteiger partial charge in [0.15, 0.2) is 0 Å². The zero-order valence-electron chi connectivity index (χ0n) is 16.0. The monoisotopic (exact) mass is 395 g/mol.